The summed E-state index contributed by atoms with van der Waals surface area (Å²) in [6.07, 6.45) is 0.159. The molecule has 1 saturated heterocycles. The third kappa shape index (κ3) is 3.32. The quantitative estimate of drug-likeness (QED) is 0.828. The SMILES string of the molecule is CC(NC(=O)c1ccccc1)C(=O)N1CC[C@@H](O)C1. The Morgan fingerprint density at radius 3 is 2.63 bits per heavy atom. The molecule has 19 heavy (non-hydrogen) atoms. The number of hydrogen-bond acceptors (Lipinski definition) is 3. The molecule has 1 aliphatic rings. The number of rotatable bonds is 3. The van der Waals surface area contributed by atoms with E-state index < -0.39 is 12.1 Å². The van der Waals surface area contributed by atoms with E-state index in [0.29, 0.717) is 25.1 Å². The molecule has 1 aromatic carbocycles. The zero-order valence-electron chi connectivity index (χ0n) is 10.9. The van der Waals surface area contributed by atoms with Crippen LogP contribution in [0.25, 0.3) is 0 Å². The van der Waals surface area contributed by atoms with Crippen molar-refractivity contribution < 1.29 is 14.7 Å². The highest BCUT2D eigenvalue weighted by molar-refractivity contribution is 5.97. The van der Waals surface area contributed by atoms with Crippen molar-refractivity contribution in [2.24, 2.45) is 0 Å². The van der Waals surface area contributed by atoms with Crippen LogP contribution in [0.1, 0.15) is 23.7 Å². The van der Waals surface area contributed by atoms with Gasteiger partial charge in [0.1, 0.15) is 6.04 Å². The number of likely N-dealkylation sites (tertiary alicyclic amines) is 1. The highest BCUT2D eigenvalue weighted by Crippen LogP contribution is 2.10. The van der Waals surface area contributed by atoms with E-state index in [1.165, 1.54) is 0 Å². The van der Waals surface area contributed by atoms with Crippen LogP contribution in [0.15, 0.2) is 30.3 Å². The minimum absolute atomic E-state index is 0.152. The number of benzene rings is 1. The summed E-state index contributed by atoms with van der Waals surface area (Å²) >= 11 is 0. The van der Waals surface area contributed by atoms with Crippen LogP contribution in [0, 0.1) is 0 Å². The van der Waals surface area contributed by atoms with E-state index in [1.807, 2.05) is 6.07 Å². The number of aliphatic hydroxyl groups excluding tert-OH is 1. The Morgan fingerprint density at radius 2 is 2.05 bits per heavy atom. The Labute approximate surface area is 112 Å². The van der Waals surface area contributed by atoms with Crippen molar-refractivity contribution in [2.75, 3.05) is 13.1 Å². The van der Waals surface area contributed by atoms with Gasteiger partial charge in [-0.05, 0) is 25.5 Å². The maximum Gasteiger partial charge on any atom is 0.251 e. The molecule has 1 aromatic rings. The Morgan fingerprint density at radius 1 is 1.37 bits per heavy atom. The van der Waals surface area contributed by atoms with Gasteiger partial charge >= 0.3 is 0 Å². The third-order valence-electron chi connectivity index (χ3n) is 3.23. The average Bonchev–Trinajstić information content (AvgIpc) is 2.85. The summed E-state index contributed by atoms with van der Waals surface area (Å²) in [7, 11) is 0. The zero-order chi connectivity index (χ0) is 13.8. The van der Waals surface area contributed by atoms with Gasteiger partial charge in [0.25, 0.3) is 5.91 Å². The van der Waals surface area contributed by atoms with E-state index in [4.69, 9.17) is 0 Å². The van der Waals surface area contributed by atoms with Crippen molar-refractivity contribution in [3.05, 3.63) is 35.9 Å². The van der Waals surface area contributed by atoms with Gasteiger partial charge in [0.05, 0.1) is 6.10 Å². The molecule has 0 aliphatic carbocycles. The van der Waals surface area contributed by atoms with Crippen molar-refractivity contribution in [3.8, 4) is 0 Å². The molecule has 1 heterocycles. The van der Waals surface area contributed by atoms with Crippen LogP contribution in [0.5, 0.6) is 0 Å². The molecule has 2 atom stereocenters. The summed E-state index contributed by atoms with van der Waals surface area (Å²) in [6.45, 7) is 2.56. The summed E-state index contributed by atoms with van der Waals surface area (Å²) in [5.41, 5.74) is 0.531. The molecule has 5 heteroatoms. The second kappa shape index (κ2) is 5.84. The number of carbonyl (C=O) groups excluding carboxylic acids is 2. The minimum atomic E-state index is -0.585. The number of nitrogens with zero attached hydrogens (tertiary/aromatic N) is 1. The van der Waals surface area contributed by atoms with Crippen molar-refractivity contribution in [3.63, 3.8) is 0 Å². The second-order valence-corrected chi connectivity index (χ2v) is 4.79. The Kier molecular flexibility index (Phi) is 4.16. The van der Waals surface area contributed by atoms with Gasteiger partial charge in [-0.2, -0.15) is 0 Å². The van der Waals surface area contributed by atoms with E-state index in [-0.39, 0.29) is 11.8 Å². The monoisotopic (exact) mass is 262 g/mol. The highest BCUT2D eigenvalue weighted by Gasteiger charge is 2.28. The lowest BCUT2D eigenvalue weighted by atomic mass is 10.2. The molecule has 1 aliphatic heterocycles. The van der Waals surface area contributed by atoms with E-state index >= 15 is 0 Å². The number of β-amino-alcohol motifs (C(OH)–C–C–N with tert-alkyl or cyclic N) is 1. The molecular weight excluding hydrogens is 244 g/mol. The van der Waals surface area contributed by atoms with Crippen molar-refractivity contribution in [1.29, 1.82) is 0 Å². The first-order chi connectivity index (χ1) is 9.08. The molecule has 5 nitrogen and oxygen atoms in total. The molecule has 102 valence electrons. The predicted octanol–water partition coefficient (Wildman–Crippen LogP) is 0.398. The van der Waals surface area contributed by atoms with Crippen molar-refractivity contribution in [2.45, 2.75) is 25.5 Å². The van der Waals surface area contributed by atoms with Crippen LogP contribution in [0.3, 0.4) is 0 Å². The fraction of sp³-hybridized carbons (Fsp3) is 0.429. The lowest BCUT2D eigenvalue weighted by Crippen LogP contribution is -2.46. The number of amides is 2. The van der Waals surface area contributed by atoms with Gasteiger partial charge < -0.3 is 15.3 Å². The molecule has 0 radical (unpaired) electrons. The molecule has 0 bridgehead atoms. The van der Waals surface area contributed by atoms with Crippen LogP contribution in [-0.4, -0.2) is 47.1 Å². The largest absolute Gasteiger partial charge is 0.391 e. The van der Waals surface area contributed by atoms with E-state index in [2.05, 4.69) is 5.32 Å². The van der Waals surface area contributed by atoms with Crippen LogP contribution in [0.2, 0.25) is 0 Å². The molecule has 0 aromatic heterocycles. The topological polar surface area (TPSA) is 69.6 Å². The summed E-state index contributed by atoms with van der Waals surface area (Å²) in [4.78, 5) is 25.5. The molecule has 1 unspecified atom stereocenters. The first kappa shape index (κ1) is 13.5. The normalized spacial score (nSPS) is 20.1. The molecule has 2 N–H and O–H groups in total. The number of hydrogen-bond donors (Lipinski definition) is 2. The maximum absolute atomic E-state index is 12.1. The number of aliphatic hydroxyl groups is 1. The van der Waals surface area contributed by atoms with Crippen LogP contribution < -0.4 is 5.32 Å². The maximum atomic E-state index is 12.1. The Balaban J connectivity index is 1.92. The number of carbonyl (C=O) groups is 2. The molecule has 0 spiro atoms. The van der Waals surface area contributed by atoms with Gasteiger partial charge in [-0.15, -0.1) is 0 Å². The molecular formula is C14H18N2O3. The lowest BCUT2D eigenvalue weighted by Gasteiger charge is -2.21. The fourth-order valence-electron chi connectivity index (χ4n) is 2.15. The number of nitrogens with one attached hydrogen (secondary N) is 1. The van der Waals surface area contributed by atoms with Crippen LogP contribution >= 0.6 is 0 Å². The van der Waals surface area contributed by atoms with Gasteiger partial charge in [-0.3, -0.25) is 9.59 Å². The summed E-state index contributed by atoms with van der Waals surface area (Å²) < 4.78 is 0. The zero-order valence-corrected chi connectivity index (χ0v) is 10.9. The van der Waals surface area contributed by atoms with E-state index in [1.54, 1.807) is 36.1 Å². The Bertz CT molecular complexity index is 461. The van der Waals surface area contributed by atoms with Gasteiger partial charge in [0.2, 0.25) is 5.91 Å². The summed E-state index contributed by atoms with van der Waals surface area (Å²) in [5.74, 6) is -0.415. The first-order valence-electron chi connectivity index (χ1n) is 6.40. The fourth-order valence-corrected chi connectivity index (χ4v) is 2.15. The molecule has 1 fully saturated rings. The second-order valence-electron chi connectivity index (χ2n) is 4.79. The summed E-state index contributed by atoms with van der Waals surface area (Å²) in [6, 6.07) is 8.20. The predicted molar refractivity (Wildman–Crippen MR) is 70.6 cm³/mol. The highest BCUT2D eigenvalue weighted by atomic mass is 16.3. The van der Waals surface area contributed by atoms with Gasteiger partial charge in [0, 0.05) is 18.7 Å². The smallest absolute Gasteiger partial charge is 0.251 e. The Hall–Kier alpha value is -1.88. The standard InChI is InChI=1S/C14H18N2O3/c1-10(14(19)16-8-7-12(17)9-16)15-13(18)11-5-3-2-4-6-11/h2-6,10,12,17H,7-9H2,1H3,(H,15,18)/t10?,12-/m1/s1. The van der Waals surface area contributed by atoms with E-state index in [0.717, 1.165) is 0 Å². The third-order valence-corrected chi connectivity index (χ3v) is 3.23. The van der Waals surface area contributed by atoms with Gasteiger partial charge in [-0.25, -0.2) is 0 Å². The first-order valence-corrected chi connectivity index (χ1v) is 6.40. The average molecular weight is 262 g/mol. The van der Waals surface area contributed by atoms with Gasteiger partial charge in [-0.1, -0.05) is 18.2 Å². The van der Waals surface area contributed by atoms with Crippen molar-refractivity contribution in [1.82, 2.24) is 10.2 Å². The molecule has 0 saturated carbocycles. The van der Waals surface area contributed by atoms with Crippen molar-refractivity contribution >= 4 is 11.8 Å². The summed E-state index contributed by atoms with van der Waals surface area (Å²) in [5, 5.41) is 12.1. The van der Waals surface area contributed by atoms with E-state index in [9.17, 15) is 14.7 Å². The lowest BCUT2D eigenvalue weighted by molar-refractivity contribution is -0.132. The minimum Gasteiger partial charge on any atom is -0.391 e. The molecule has 2 amide bonds. The molecule has 2 rings (SSSR count). The van der Waals surface area contributed by atoms with Crippen LogP contribution in [-0.2, 0) is 4.79 Å². The van der Waals surface area contributed by atoms with Gasteiger partial charge in [0.15, 0.2) is 0 Å². The van der Waals surface area contributed by atoms with Crippen LogP contribution in [0.4, 0.5) is 0 Å².